The minimum atomic E-state index is -0.0742. The van der Waals surface area contributed by atoms with E-state index in [1.54, 1.807) is 0 Å². The average molecular weight is 403 g/mol. The first kappa shape index (κ1) is 17.4. The third kappa shape index (κ3) is 2.79. The molecule has 0 N–H and O–H groups in total. The zero-order chi connectivity index (χ0) is 19.1. The number of rotatable bonds is 3. The van der Waals surface area contributed by atoms with Gasteiger partial charge < -0.3 is 4.42 Å². The van der Waals surface area contributed by atoms with Gasteiger partial charge in [0.1, 0.15) is 5.58 Å². The highest BCUT2D eigenvalue weighted by Gasteiger charge is 2.24. The van der Waals surface area contributed by atoms with E-state index in [-0.39, 0.29) is 5.92 Å². The highest BCUT2D eigenvalue weighted by molar-refractivity contribution is 6.42. The van der Waals surface area contributed by atoms with Crippen LogP contribution in [0.5, 0.6) is 0 Å². The van der Waals surface area contributed by atoms with E-state index in [1.165, 1.54) is 0 Å². The van der Waals surface area contributed by atoms with Gasteiger partial charge in [-0.05, 0) is 22.6 Å². The van der Waals surface area contributed by atoms with Crippen molar-refractivity contribution in [2.45, 2.75) is 5.92 Å². The second-order valence-electron chi connectivity index (χ2n) is 6.84. The summed E-state index contributed by atoms with van der Waals surface area (Å²) in [4.78, 5) is 0. The van der Waals surface area contributed by atoms with Crippen molar-refractivity contribution in [3.63, 3.8) is 0 Å². The van der Waals surface area contributed by atoms with Gasteiger partial charge in [0, 0.05) is 22.3 Å². The lowest BCUT2D eigenvalue weighted by Crippen LogP contribution is -2.03. The van der Waals surface area contributed by atoms with Gasteiger partial charge in [-0.3, -0.25) is 0 Å². The van der Waals surface area contributed by atoms with E-state index in [4.69, 9.17) is 27.6 Å². The molecule has 4 aromatic carbocycles. The Hall–Kier alpha value is -2.74. The predicted octanol–water partition coefficient (Wildman–Crippen LogP) is 8.07. The molecular weight excluding hydrogens is 387 g/mol. The van der Waals surface area contributed by atoms with Crippen molar-refractivity contribution in [3.8, 4) is 0 Å². The maximum atomic E-state index is 6.64. The molecule has 0 aliphatic heterocycles. The van der Waals surface area contributed by atoms with Gasteiger partial charge in [0.2, 0.25) is 0 Å². The average Bonchev–Trinajstić information content (AvgIpc) is 3.16. The zero-order valence-electron chi connectivity index (χ0n) is 14.9. The van der Waals surface area contributed by atoms with Gasteiger partial charge in [0.15, 0.2) is 0 Å². The number of halogens is 2. The van der Waals surface area contributed by atoms with E-state index in [1.807, 2.05) is 54.8 Å². The molecule has 1 unspecified atom stereocenters. The first-order valence-electron chi connectivity index (χ1n) is 9.12. The van der Waals surface area contributed by atoms with Gasteiger partial charge in [-0.2, -0.15) is 0 Å². The van der Waals surface area contributed by atoms with E-state index in [9.17, 15) is 0 Å². The third-order valence-electron chi connectivity index (χ3n) is 5.23. The van der Waals surface area contributed by atoms with E-state index in [2.05, 4.69) is 36.4 Å². The summed E-state index contributed by atoms with van der Waals surface area (Å²) in [6, 6.07) is 28.6. The van der Waals surface area contributed by atoms with Crippen LogP contribution < -0.4 is 0 Å². The topological polar surface area (TPSA) is 13.1 Å². The Bertz CT molecular complexity index is 1290. The smallest absolute Gasteiger partial charge is 0.141 e. The molecule has 0 fully saturated rings. The lowest BCUT2D eigenvalue weighted by molar-refractivity contribution is 0.612. The molecule has 5 rings (SSSR count). The fourth-order valence-electron chi connectivity index (χ4n) is 3.92. The Labute approximate surface area is 173 Å². The van der Waals surface area contributed by atoms with Crippen LogP contribution in [0.3, 0.4) is 0 Å². The maximum Gasteiger partial charge on any atom is 0.141 e. The Morgan fingerprint density at radius 1 is 0.643 bits per heavy atom. The molecule has 0 spiro atoms. The minimum absolute atomic E-state index is 0.0742. The Balaban J connectivity index is 1.81. The maximum absolute atomic E-state index is 6.64. The Morgan fingerprint density at radius 2 is 1.43 bits per heavy atom. The van der Waals surface area contributed by atoms with Crippen LogP contribution in [-0.2, 0) is 0 Å². The summed E-state index contributed by atoms with van der Waals surface area (Å²) in [7, 11) is 0. The molecule has 0 aliphatic carbocycles. The SMILES string of the molecule is Clc1cccc(C(c2ccccc2)c2coc3c2ccc2ccccc23)c1Cl. The summed E-state index contributed by atoms with van der Waals surface area (Å²) in [5.74, 6) is -0.0742. The van der Waals surface area contributed by atoms with Crippen LogP contribution in [0.4, 0.5) is 0 Å². The van der Waals surface area contributed by atoms with Crippen molar-refractivity contribution in [2.24, 2.45) is 0 Å². The van der Waals surface area contributed by atoms with Gasteiger partial charge in [-0.25, -0.2) is 0 Å². The monoisotopic (exact) mass is 402 g/mol. The summed E-state index contributed by atoms with van der Waals surface area (Å²) >= 11 is 13.0. The summed E-state index contributed by atoms with van der Waals surface area (Å²) in [6.07, 6.45) is 1.85. The van der Waals surface area contributed by atoms with Gasteiger partial charge in [0.25, 0.3) is 0 Å². The molecule has 1 atom stereocenters. The van der Waals surface area contributed by atoms with E-state index >= 15 is 0 Å². The molecule has 0 bridgehead atoms. The molecule has 0 aliphatic rings. The second kappa shape index (κ2) is 7.01. The van der Waals surface area contributed by atoms with Crippen LogP contribution in [0, 0.1) is 0 Å². The van der Waals surface area contributed by atoms with Crippen molar-refractivity contribution in [1.29, 1.82) is 0 Å². The van der Waals surface area contributed by atoms with Crippen LogP contribution in [0.1, 0.15) is 22.6 Å². The zero-order valence-corrected chi connectivity index (χ0v) is 16.4. The highest BCUT2D eigenvalue weighted by atomic mass is 35.5. The van der Waals surface area contributed by atoms with Crippen molar-refractivity contribution in [2.75, 3.05) is 0 Å². The van der Waals surface area contributed by atoms with E-state index in [0.29, 0.717) is 10.0 Å². The number of benzene rings is 4. The van der Waals surface area contributed by atoms with E-state index < -0.39 is 0 Å². The van der Waals surface area contributed by atoms with Gasteiger partial charge >= 0.3 is 0 Å². The molecule has 28 heavy (non-hydrogen) atoms. The largest absolute Gasteiger partial charge is 0.463 e. The number of hydrogen-bond acceptors (Lipinski definition) is 1. The lowest BCUT2D eigenvalue weighted by Gasteiger charge is -2.19. The van der Waals surface area contributed by atoms with Gasteiger partial charge in [0.05, 0.1) is 16.3 Å². The quantitative estimate of drug-likeness (QED) is 0.297. The van der Waals surface area contributed by atoms with Crippen LogP contribution >= 0.6 is 23.2 Å². The Kier molecular flexibility index (Phi) is 4.35. The lowest BCUT2D eigenvalue weighted by atomic mass is 9.84. The van der Waals surface area contributed by atoms with Crippen LogP contribution in [-0.4, -0.2) is 0 Å². The molecule has 3 heteroatoms. The summed E-state index contributed by atoms with van der Waals surface area (Å²) in [5.41, 5.74) is 4.09. The van der Waals surface area contributed by atoms with Crippen LogP contribution in [0.25, 0.3) is 21.7 Å². The third-order valence-corrected chi connectivity index (χ3v) is 6.06. The standard InChI is InChI=1S/C25H16Cl2O/c26-22-12-6-11-20(24(22)27)23(17-8-2-1-3-9-17)21-15-28-25-18-10-5-4-7-16(18)13-14-19(21)25/h1-15,23H. The molecule has 1 nitrogen and oxygen atoms in total. The molecular formula is C25H16Cl2O. The molecule has 0 saturated heterocycles. The molecule has 136 valence electrons. The van der Waals surface area contributed by atoms with Crippen molar-refractivity contribution in [3.05, 3.63) is 118 Å². The van der Waals surface area contributed by atoms with E-state index in [0.717, 1.165) is 38.4 Å². The number of furan rings is 1. The fourth-order valence-corrected chi connectivity index (χ4v) is 4.34. The van der Waals surface area contributed by atoms with Crippen LogP contribution in [0.2, 0.25) is 10.0 Å². The molecule has 1 heterocycles. The minimum Gasteiger partial charge on any atom is -0.463 e. The predicted molar refractivity (Wildman–Crippen MR) is 118 cm³/mol. The molecule has 0 radical (unpaired) electrons. The highest BCUT2D eigenvalue weighted by Crippen LogP contribution is 2.42. The normalized spacial score (nSPS) is 12.5. The molecule has 0 amide bonds. The second-order valence-corrected chi connectivity index (χ2v) is 7.63. The molecule has 0 saturated carbocycles. The van der Waals surface area contributed by atoms with Crippen molar-refractivity contribution in [1.82, 2.24) is 0 Å². The van der Waals surface area contributed by atoms with Crippen molar-refractivity contribution >= 4 is 44.9 Å². The number of hydrogen-bond donors (Lipinski definition) is 0. The molecule has 1 aromatic heterocycles. The summed E-state index contributed by atoms with van der Waals surface area (Å²) in [5, 5.41) is 4.48. The van der Waals surface area contributed by atoms with Crippen molar-refractivity contribution < 1.29 is 4.42 Å². The fraction of sp³-hybridized carbons (Fsp3) is 0.0400. The van der Waals surface area contributed by atoms with Gasteiger partial charge in [-0.1, -0.05) is 102 Å². The first-order valence-corrected chi connectivity index (χ1v) is 9.87. The molecule has 5 aromatic rings. The summed E-state index contributed by atoms with van der Waals surface area (Å²) in [6.45, 7) is 0. The summed E-state index contributed by atoms with van der Waals surface area (Å²) < 4.78 is 6.08. The first-order chi connectivity index (χ1) is 13.7. The van der Waals surface area contributed by atoms with Gasteiger partial charge in [-0.15, -0.1) is 0 Å². The Morgan fingerprint density at radius 3 is 2.29 bits per heavy atom. The van der Waals surface area contributed by atoms with Crippen LogP contribution in [0.15, 0.2) is 95.6 Å². The number of fused-ring (bicyclic) bond motifs is 3.